The van der Waals surface area contributed by atoms with Crippen LogP contribution in [-0.4, -0.2) is 54.6 Å². The van der Waals surface area contributed by atoms with Gasteiger partial charge >= 0.3 is 6.09 Å². The number of carbonyl (C=O) groups is 1. The lowest BCUT2D eigenvalue weighted by Gasteiger charge is -2.25. The van der Waals surface area contributed by atoms with Crippen molar-refractivity contribution in [1.82, 2.24) is 20.5 Å². The van der Waals surface area contributed by atoms with Crippen LogP contribution in [0.1, 0.15) is 31.7 Å². The number of pyridine rings is 1. The fourth-order valence-corrected chi connectivity index (χ4v) is 4.39. The van der Waals surface area contributed by atoms with E-state index < -0.39 is 21.7 Å². The van der Waals surface area contributed by atoms with E-state index in [-0.39, 0.29) is 24.0 Å². The van der Waals surface area contributed by atoms with E-state index in [1.807, 2.05) is 30.3 Å². The van der Waals surface area contributed by atoms with E-state index in [4.69, 9.17) is 4.42 Å². The maximum Gasteiger partial charge on any atom is 0.405 e. The van der Waals surface area contributed by atoms with Crippen molar-refractivity contribution >= 4 is 27.8 Å². The molecule has 0 saturated heterocycles. The van der Waals surface area contributed by atoms with Crippen LogP contribution in [0.5, 0.6) is 0 Å². The van der Waals surface area contributed by atoms with Crippen LogP contribution in [0.4, 0.5) is 16.4 Å². The average molecular weight is 515 g/mol. The number of rotatable bonds is 10. The summed E-state index contributed by atoms with van der Waals surface area (Å²) in [6.07, 6.45) is 1.28. The van der Waals surface area contributed by atoms with E-state index in [2.05, 4.69) is 32.7 Å². The zero-order chi connectivity index (χ0) is 26.1. The van der Waals surface area contributed by atoms with Crippen molar-refractivity contribution in [2.24, 2.45) is 11.8 Å². The van der Waals surface area contributed by atoms with Gasteiger partial charge in [-0.1, -0.05) is 37.3 Å². The van der Waals surface area contributed by atoms with Crippen molar-refractivity contribution in [2.45, 2.75) is 32.2 Å². The first-order valence-corrected chi connectivity index (χ1v) is 13.4. The lowest BCUT2D eigenvalue weighted by molar-refractivity contribution is 0.172. The van der Waals surface area contributed by atoms with Crippen LogP contribution in [-0.2, 0) is 22.0 Å². The zero-order valence-electron chi connectivity index (χ0n) is 20.6. The fourth-order valence-electron chi connectivity index (χ4n) is 3.96. The van der Waals surface area contributed by atoms with Crippen LogP contribution in [0.2, 0.25) is 0 Å². The molecule has 3 N–H and O–H groups in total. The minimum atomic E-state index is -3.56. The minimum Gasteiger partial charge on any atom is -0.465 e. The molecule has 3 atom stereocenters. The molecule has 36 heavy (non-hydrogen) atoms. The van der Waals surface area contributed by atoms with Crippen molar-refractivity contribution in [3.8, 4) is 11.5 Å². The highest BCUT2D eigenvalue weighted by Crippen LogP contribution is 2.38. The van der Waals surface area contributed by atoms with E-state index in [1.54, 1.807) is 19.1 Å². The maximum atomic E-state index is 12.2. The number of nitrogens with zero attached hydrogens (tertiary/aromatic N) is 4. The third kappa shape index (κ3) is 5.93. The second-order valence-electron chi connectivity index (χ2n) is 9.52. The van der Waals surface area contributed by atoms with Gasteiger partial charge in [-0.3, -0.25) is 4.31 Å². The number of anilines is 2. The lowest BCUT2D eigenvalue weighted by atomic mass is 9.93. The summed E-state index contributed by atoms with van der Waals surface area (Å²) < 4.78 is 31.4. The molecule has 1 aliphatic carbocycles. The van der Waals surface area contributed by atoms with E-state index >= 15 is 0 Å². The number of aromatic nitrogens is 3. The predicted molar refractivity (Wildman–Crippen MR) is 135 cm³/mol. The van der Waals surface area contributed by atoms with Gasteiger partial charge in [0.1, 0.15) is 17.2 Å². The van der Waals surface area contributed by atoms with E-state index in [0.29, 0.717) is 29.8 Å². The van der Waals surface area contributed by atoms with Crippen LogP contribution >= 0.6 is 0 Å². The second kappa shape index (κ2) is 9.76. The quantitative estimate of drug-likeness (QED) is 0.370. The fraction of sp³-hybridized carbons (Fsp3) is 0.417. The van der Waals surface area contributed by atoms with Crippen molar-refractivity contribution < 1.29 is 22.7 Å². The SMILES string of the molecule is C[C@@H]1C[C@H]1CNc1cc(-c2nnc([C@@](C)(Cc3ccccc3)NC(=O)O)o2)cc(N(C)S(C)(=O)=O)n1. The Balaban J connectivity index is 1.69. The van der Waals surface area contributed by atoms with Gasteiger partial charge in [-0.15, -0.1) is 10.2 Å². The molecule has 0 spiro atoms. The number of carboxylic acid groups (broad SMARTS) is 1. The molecule has 2 aromatic heterocycles. The lowest BCUT2D eigenvalue weighted by Crippen LogP contribution is -2.44. The van der Waals surface area contributed by atoms with E-state index in [9.17, 15) is 18.3 Å². The Hall–Kier alpha value is -3.67. The first kappa shape index (κ1) is 25.4. The van der Waals surface area contributed by atoms with E-state index in [1.165, 1.54) is 7.05 Å². The summed E-state index contributed by atoms with van der Waals surface area (Å²) in [5.41, 5.74) is 0.148. The maximum absolute atomic E-state index is 12.2. The predicted octanol–water partition coefficient (Wildman–Crippen LogP) is 3.32. The molecule has 1 saturated carbocycles. The number of benzene rings is 1. The molecule has 3 aromatic rings. The Labute approximate surface area is 210 Å². The summed E-state index contributed by atoms with van der Waals surface area (Å²) in [4.78, 5) is 16.0. The largest absolute Gasteiger partial charge is 0.465 e. The van der Waals surface area contributed by atoms with Gasteiger partial charge in [0.25, 0.3) is 0 Å². The molecule has 1 amide bonds. The van der Waals surface area contributed by atoms with Gasteiger partial charge in [0, 0.05) is 25.6 Å². The first-order chi connectivity index (χ1) is 16.9. The molecule has 192 valence electrons. The molecule has 1 aliphatic rings. The number of sulfonamides is 1. The van der Waals surface area contributed by atoms with Crippen LogP contribution in [0, 0.1) is 11.8 Å². The molecule has 0 bridgehead atoms. The molecule has 0 radical (unpaired) electrons. The third-order valence-electron chi connectivity index (χ3n) is 6.38. The van der Waals surface area contributed by atoms with E-state index in [0.717, 1.165) is 22.5 Å². The van der Waals surface area contributed by atoms with Gasteiger partial charge in [0.2, 0.25) is 21.8 Å². The zero-order valence-corrected chi connectivity index (χ0v) is 21.4. The molecule has 0 unspecified atom stereocenters. The van der Waals surface area contributed by atoms with Gasteiger partial charge < -0.3 is 20.2 Å². The molecule has 1 fully saturated rings. The normalized spacial score (nSPS) is 18.8. The Morgan fingerprint density at radius 1 is 1.25 bits per heavy atom. The topological polar surface area (TPSA) is 151 Å². The smallest absolute Gasteiger partial charge is 0.405 e. The summed E-state index contributed by atoms with van der Waals surface area (Å²) in [6.45, 7) is 4.56. The van der Waals surface area contributed by atoms with Crippen LogP contribution in [0.25, 0.3) is 11.5 Å². The number of nitrogens with one attached hydrogen (secondary N) is 2. The third-order valence-corrected chi connectivity index (χ3v) is 7.56. The number of hydrogen-bond acceptors (Lipinski definition) is 8. The summed E-state index contributed by atoms with van der Waals surface area (Å²) >= 11 is 0. The molecular weight excluding hydrogens is 484 g/mol. The van der Waals surface area contributed by atoms with Crippen LogP contribution in [0.15, 0.2) is 46.9 Å². The van der Waals surface area contributed by atoms with Gasteiger partial charge in [-0.05, 0) is 42.9 Å². The van der Waals surface area contributed by atoms with Crippen molar-refractivity contribution in [1.29, 1.82) is 0 Å². The van der Waals surface area contributed by atoms with Gasteiger partial charge in [0.15, 0.2) is 0 Å². The molecule has 11 nitrogen and oxygen atoms in total. The molecule has 2 heterocycles. The van der Waals surface area contributed by atoms with Crippen molar-refractivity contribution in [3.63, 3.8) is 0 Å². The van der Waals surface area contributed by atoms with Gasteiger partial charge in [-0.2, -0.15) is 0 Å². The molecule has 0 aliphatic heterocycles. The van der Waals surface area contributed by atoms with Gasteiger partial charge in [0.05, 0.1) is 6.26 Å². The summed E-state index contributed by atoms with van der Waals surface area (Å²) in [7, 11) is -2.15. The standard InChI is InChI=1S/C24H30N6O5S/c1-15-10-18(15)14-25-19-11-17(12-20(26-19)30(3)36(4,33)34)21-28-29-22(35-21)24(2,27-23(31)32)13-16-8-6-5-7-9-16/h5-9,11-12,15,18,27H,10,13-14H2,1-4H3,(H,25,26)(H,31,32)/t15-,18+,24-/m1/s1. The highest BCUT2D eigenvalue weighted by Gasteiger charge is 2.35. The van der Waals surface area contributed by atoms with Crippen LogP contribution < -0.4 is 14.9 Å². The summed E-state index contributed by atoms with van der Waals surface area (Å²) in [5.74, 6) is 2.05. The number of hydrogen-bond donors (Lipinski definition) is 3. The highest BCUT2D eigenvalue weighted by molar-refractivity contribution is 7.92. The van der Waals surface area contributed by atoms with Crippen molar-refractivity contribution in [2.75, 3.05) is 29.5 Å². The molecule has 12 heteroatoms. The molecular formula is C24H30N6O5S. The van der Waals surface area contributed by atoms with Crippen molar-refractivity contribution in [3.05, 3.63) is 53.9 Å². The monoisotopic (exact) mass is 514 g/mol. The Morgan fingerprint density at radius 3 is 2.56 bits per heavy atom. The Morgan fingerprint density at radius 2 is 1.94 bits per heavy atom. The molecule has 1 aromatic carbocycles. The Kier molecular flexibility index (Phi) is 6.90. The Bertz CT molecular complexity index is 1350. The second-order valence-corrected chi connectivity index (χ2v) is 11.5. The highest BCUT2D eigenvalue weighted by atomic mass is 32.2. The average Bonchev–Trinajstić information content (AvgIpc) is 3.29. The van der Waals surface area contributed by atoms with Crippen LogP contribution in [0.3, 0.4) is 0 Å². The summed E-state index contributed by atoms with van der Waals surface area (Å²) in [6, 6.07) is 12.6. The number of amides is 1. The first-order valence-electron chi connectivity index (χ1n) is 11.5. The summed E-state index contributed by atoms with van der Waals surface area (Å²) in [5, 5.41) is 23.5. The van der Waals surface area contributed by atoms with Gasteiger partial charge in [-0.25, -0.2) is 18.2 Å². The minimum absolute atomic E-state index is 0.0832. The molecule has 4 rings (SSSR count).